The highest BCUT2D eigenvalue weighted by molar-refractivity contribution is 9.10. The summed E-state index contributed by atoms with van der Waals surface area (Å²) in [6, 6.07) is 6.35. The van der Waals surface area contributed by atoms with Crippen molar-refractivity contribution in [2.45, 2.75) is 26.8 Å². The van der Waals surface area contributed by atoms with E-state index < -0.39 is 0 Å². The minimum Gasteiger partial charge on any atom is -0.438 e. The molecule has 1 aromatic heterocycles. The SMILES string of the molecule is CCCNCc1cnc(Oc2ccc(F)cc2Br)c(C)c1. The zero-order valence-electron chi connectivity index (χ0n) is 12.1. The first kappa shape index (κ1) is 15.9. The number of hydrogen-bond acceptors (Lipinski definition) is 3. The first-order valence-electron chi connectivity index (χ1n) is 6.89. The lowest BCUT2D eigenvalue weighted by Crippen LogP contribution is -2.14. The number of aromatic nitrogens is 1. The molecule has 0 spiro atoms. The van der Waals surface area contributed by atoms with E-state index in [1.54, 1.807) is 12.3 Å². The van der Waals surface area contributed by atoms with Crippen LogP contribution in [0.4, 0.5) is 4.39 Å². The highest BCUT2D eigenvalue weighted by Crippen LogP contribution is 2.30. The summed E-state index contributed by atoms with van der Waals surface area (Å²) >= 11 is 3.28. The van der Waals surface area contributed by atoms with Crippen LogP contribution in [0.1, 0.15) is 24.5 Å². The highest BCUT2D eigenvalue weighted by atomic mass is 79.9. The molecule has 0 fully saturated rings. The summed E-state index contributed by atoms with van der Waals surface area (Å²) in [5.41, 5.74) is 2.06. The largest absolute Gasteiger partial charge is 0.438 e. The fourth-order valence-electron chi connectivity index (χ4n) is 1.90. The Balaban J connectivity index is 2.10. The van der Waals surface area contributed by atoms with Gasteiger partial charge in [-0.1, -0.05) is 6.92 Å². The van der Waals surface area contributed by atoms with Gasteiger partial charge >= 0.3 is 0 Å². The molecule has 0 saturated carbocycles. The minimum atomic E-state index is -0.309. The van der Waals surface area contributed by atoms with Gasteiger partial charge in [0.1, 0.15) is 11.6 Å². The average molecular weight is 353 g/mol. The van der Waals surface area contributed by atoms with E-state index in [0.29, 0.717) is 16.1 Å². The van der Waals surface area contributed by atoms with Gasteiger partial charge < -0.3 is 10.1 Å². The first-order valence-corrected chi connectivity index (χ1v) is 7.68. The van der Waals surface area contributed by atoms with Gasteiger partial charge in [-0.25, -0.2) is 9.37 Å². The first-order chi connectivity index (χ1) is 10.1. The van der Waals surface area contributed by atoms with Crippen LogP contribution >= 0.6 is 15.9 Å². The second-order valence-corrected chi connectivity index (χ2v) is 5.67. The van der Waals surface area contributed by atoms with Crippen molar-refractivity contribution < 1.29 is 9.13 Å². The molecule has 0 bridgehead atoms. The fraction of sp³-hybridized carbons (Fsp3) is 0.312. The van der Waals surface area contributed by atoms with E-state index in [1.165, 1.54) is 12.1 Å². The number of hydrogen-bond donors (Lipinski definition) is 1. The smallest absolute Gasteiger partial charge is 0.222 e. The van der Waals surface area contributed by atoms with Crippen molar-refractivity contribution in [2.75, 3.05) is 6.54 Å². The van der Waals surface area contributed by atoms with Gasteiger partial charge in [0.15, 0.2) is 0 Å². The number of rotatable bonds is 6. The second-order valence-electron chi connectivity index (χ2n) is 4.82. The number of pyridine rings is 1. The maximum absolute atomic E-state index is 13.1. The van der Waals surface area contributed by atoms with Crippen LogP contribution in [-0.4, -0.2) is 11.5 Å². The van der Waals surface area contributed by atoms with Crippen molar-refractivity contribution in [3.05, 3.63) is 51.9 Å². The molecule has 2 aromatic rings. The predicted molar refractivity (Wildman–Crippen MR) is 85.1 cm³/mol. The molecule has 112 valence electrons. The average Bonchev–Trinajstić information content (AvgIpc) is 2.44. The fourth-order valence-corrected chi connectivity index (χ4v) is 2.33. The summed E-state index contributed by atoms with van der Waals surface area (Å²) in [4.78, 5) is 4.34. The Morgan fingerprint density at radius 1 is 1.33 bits per heavy atom. The molecule has 0 radical (unpaired) electrons. The van der Waals surface area contributed by atoms with Crippen LogP contribution in [0.3, 0.4) is 0 Å². The summed E-state index contributed by atoms with van der Waals surface area (Å²) in [5, 5.41) is 3.33. The van der Waals surface area contributed by atoms with Crippen molar-refractivity contribution in [3.63, 3.8) is 0 Å². The lowest BCUT2D eigenvalue weighted by atomic mass is 10.2. The Morgan fingerprint density at radius 3 is 2.81 bits per heavy atom. The molecule has 0 aliphatic carbocycles. The molecule has 21 heavy (non-hydrogen) atoms. The van der Waals surface area contributed by atoms with Gasteiger partial charge in [0.25, 0.3) is 0 Å². The van der Waals surface area contributed by atoms with Gasteiger partial charge in [-0.15, -0.1) is 0 Å². The van der Waals surface area contributed by atoms with E-state index in [2.05, 4.69) is 33.2 Å². The van der Waals surface area contributed by atoms with E-state index in [-0.39, 0.29) is 5.82 Å². The number of ether oxygens (including phenoxy) is 1. The Hall–Kier alpha value is -1.46. The third kappa shape index (κ3) is 4.51. The Morgan fingerprint density at radius 2 is 2.14 bits per heavy atom. The molecule has 2 rings (SSSR count). The van der Waals surface area contributed by atoms with Gasteiger partial charge in [0, 0.05) is 18.3 Å². The van der Waals surface area contributed by atoms with Gasteiger partial charge in [-0.2, -0.15) is 0 Å². The Bertz CT molecular complexity index is 619. The van der Waals surface area contributed by atoms with Crippen LogP contribution in [0.5, 0.6) is 11.6 Å². The van der Waals surface area contributed by atoms with Crippen LogP contribution in [-0.2, 0) is 6.54 Å². The van der Waals surface area contributed by atoms with Crippen molar-refractivity contribution in [1.29, 1.82) is 0 Å². The van der Waals surface area contributed by atoms with Crippen molar-refractivity contribution in [1.82, 2.24) is 10.3 Å². The molecule has 0 atom stereocenters. The maximum atomic E-state index is 13.1. The predicted octanol–water partition coefficient (Wildman–Crippen LogP) is 4.58. The molecule has 1 heterocycles. The van der Waals surface area contributed by atoms with Crippen molar-refractivity contribution >= 4 is 15.9 Å². The number of nitrogens with zero attached hydrogens (tertiary/aromatic N) is 1. The zero-order chi connectivity index (χ0) is 15.2. The molecule has 0 unspecified atom stereocenters. The van der Waals surface area contributed by atoms with Crippen LogP contribution in [0.15, 0.2) is 34.9 Å². The Kier molecular flexibility index (Phi) is 5.70. The quantitative estimate of drug-likeness (QED) is 0.772. The number of aryl methyl sites for hydroxylation is 1. The molecule has 0 aliphatic heterocycles. The second kappa shape index (κ2) is 7.52. The third-order valence-electron chi connectivity index (χ3n) is 2.94. The standard InChI is InChI=1S/C16H18BrFN2O/c1-3-6-19-9-12-7-11(2)16(20-10-12)21-15-5-4-13(18)8-14(15)17/h4-5,7-8,10,19H,3,6,9H2,1-2H3. The Labute approximate surface area is 132 Å². The monoisotopic (exact) mass is 352 g/mol. The molecule has 0 saturated heterocycles. The third-order valence-corrected chi connectivity index (χ3v) is 3.56. The van der Waals surface area contributed by atoms with Crippen molar-refractivity contribution in [3.8, 4) is 11.6 Å². The van der Waals surface area contributed by atoms with Gasteiger partial charge in [-0.3, -0.25) is 0 Å². The molecular formula is C16H18BrFN2O. The lowest BCUT2D eigenvalue weighted by molar-refractivity contribution is 0.453. The number of benzene rings is 1. The molecule has 0 amide bonds. The molecular weight excluding hydrogens is 335 g/mol. The zero-order valence-corrected chi connectivity index (χ0v) is 13.7. The highest BCUT2D eigenvalue weighted by Gasteiger charge is 2.08. The minimum absolute atomic E-state index is 0.309. The molecule has 1 N–H and O–H groups in total. The van der Waals surface area contributed by atoms with Crippen LogP contribution in [0.25, 0.3) is 0 Å². The van der Waals surface area contributed by atoms with E-state index in [0.717, 1.165) is 30.6 Å². The van der Waals surface area contributed by atoms with Gasteiger partial charge in [-0.05, 0) is 65.6 Å². The van der Waals surface area contributed by atoms with Gasteiger partial charge in [0.2, 0.25) is 5.88 Å². The van der Waals surface area contributed by atoms with E-state index in [9.17, 15) is 4.39 Å². The summed E-state index contributed by atoms with van der Waals surface area (Å²) in [6.45, 7) is 5.86. The van der Waals surface area contributed by atoms with Gasteiger partial charge in [0.05, 0.1) is 4.47 Å². The lowest BCUT2D eigenvalue weighted by Gasteiger charge is -2.11. The molecule has 1 aromatic carbocycles. The molecule has 5 heteroatoms. The van der Waals surface area contributed by atoms with E-state index in [1.807, 2.05) is 13.0 Å². The topological polar surface area (TPSA) is 34.2 Å². The summed E-state index contributed by atoms with van der Waals surface area (Å²) < 4.78 is 19.4. The number of halogens is 2. The molecule has 3 nitrogen and oxygen atoms in total. The summed E-state index contributed by atoms with van der Waals surface area (Å²) in [6.07, 6.45) is 2.90. The van der Waals surface area contributed by atoms with Crippen LogP contribution < -0.4 is 10.1 Å². The van der Waals surface area contributed by atoms with E-state index in [4.69, 9.17) is 4.74 Å². The van der Waals surface area contributed by atoms with E-state index >= 15 is 0 Å². The normalized spacial score (nSPS) is 10.7. The maximum Gasteiger partial charge on any atom is 0.222 e. The molecule has 0 aliphatic rings. The van der Waals surface area contributed by atoms with Crippen LogP contribution in [0, 0.1) is 12.7 Å². The van der Waals surface area contributed by atoms with Crippen LogP contribution in [0.2, 0.25) is 0 Å². The van der Waals surface area contributed by atoms with Crippen molar-refractivity contribution in [2.24, 2.45) is 0 Å². The summed E-state index contributed by atoms with van der Waals surface area (Å²) in [5.74, 6) is 0.765. The summed E-state index contributed by atoms with van der Waals surface area (Å²) in [7, 11) is 0. The number of nitrogens with one attached hydrogen (secondary N) is 1.